The number of allylic oxidation sites excluding steroid dienone is 1. The number of hydrogen-bond donors (Lipinski definition) is 1. The molecule has 3 nitrogen and oxygen atoms in total. The molecular weight excluding hydrogens is 152 g/mol. The average molecular weight is 160 g/mol. The number of carbonyl (C=O) groups excluding carboxylic acids is 1. The third-order valence-electron chi connectivity index (χ3n) is 0.913. The largest absolute Gasteiger partial charge is 0.512 e. The van der Waals surface area contributed by atoms with Crippen molar-refractivity contribution in [1.82, 2.24) is 0 Å². The maximum atomic E-state index is 10.6. The molecule has 10 heavy (non-hydrogen) atoms. The summed E-state index contributed by atoms with van der Waals surface area (Å²) in [5.74, 6) is -0.739. The summed E-state index contributed by atoms with van der Waals surface area (Å²) >= 11 is 4.45. The van der Waals surface area contributed by atoms with E-state index in [0.29, 0.717) is 0 Å². The average Bonchev–Trinajstić information content (AvgIpc) is 1.88. The zero-order valence-corrected chi connectivity index (χ0v) is 6.57. The van der Waals surface area contributed by atoms with Crippen LogP contribution in [0.1, 0.15) is 6.92 Å². The summed E-state index contributed by atoms with van der Waals surface area (Å²) in [5.41, 5.74) is 0.0255. The lowest BCUT2D eigenvalue weighted by Gasteiger charge is -1.98. The quantitative estimate of drug-likeness (QED) is 0.283. The minimum absolute atomic E-state index is 0.0255. The Morgan fingerprint density at radius 2 is 2.20 bits per heavy atom. The molecule has 0 aromatic carbocycles. The smallest absolute Gasteiger partial charge is 0.342 e. The van der Waals surface area contributed by atoms with E-state index in [2.05, 4.69) is 17.0 Å². The topological polar surface area (TPSA) is 46.5 Å². The van der Waals surface area contributed by atoms with Crippen LogP contribution < -0.4 is 0 Å². The first-order valence-corrected chi connectivity index (χ1v) is 3.04. The maximum absolute atomic E-state index is 10.6. The number of aliphatic hydroxyl groups is 1. The van der Waals surface area contributed by atoms with Gasteiger partial charge in [0.2, 0.25) is 0 Å². The van der Waals surface area contributed by atoms with Gasteiger partial charge in [-0.1, -0.05) is 12.2 Å². The van der Waals surface area contributed by atoms with E-state index in [9.17, 15) is 4.79 Å². The second-order valence-corrected chi connectivity index (χ2v) is 1.84. The third kappa shape index (κ3) is 2.14. The number of carbonyl (C=O) groups is 1. The van der Waals surface area contributed by atoms with Crippen molar-refractivity contribution in [2.24, 2.45) is 0 Å². The third-order valence-corrected chi connectivity index (χ3v) is 1.15. The van der Waals surface area contributed by atoms with Crippen LogP contribution >= 0.6 is 12.2 Å². The van der Waals surface area contributed by atoms with E-state index in [0.717, 1.165) is 5.37 Å². The van der Waals surface area contributed by atoms with Crippen LogP contribution in [0.15, 0.2) is 11.3 Å². The number of hydrogen-bond acceptors (Lipinski definition) is 4. The van der Waals surface area contributed by atoms with Crippen LogP contribution in [0, 0.1) is 0 Å². The minimum atomic E-state index is -0.616. The molecule has 0 fully saturated rings. The Morgan fingerprint density at radius 3 is 2.30 bits per heavy atom. The molecule has 0 spiro atoms. The second-order valence-electron chi connectivity index (χ2n) is 1.61. The first-order chi connectivity index (χ1) is 4.63. The highest BCUT2D eigenvalue weighted by Crippen LogP contribution is 1.99. The summed E-state index contributed by atoms with van der Waals surface area (Å²) in [5, 5.41) is 9.88. The molecule has 56 valence electrons. The van der Waals surface area contributed by atoms with Gasteiger partial charge in [0.15, 0.2) is 0 Å². The van der Waals surface area contributed by atoms with Gasteiger partial charge in [-0.05, 0) is 6.92 Å². The summed E-state index contributed by atoms with van der Waals surface area (Å²) in [6, 6.07) is 0. The van der Waals surface area contributed by atoms with Gasteiger partial charge in [0.25, 0.3) is 0 Å². The fraction of sp³-hybridized carbons (Fsp3) is 0.333. The number of thiocarbonyl (C=S) groups is 1. The lowest BCUT2D eigenvalue weighted by Crippen LogP contribution is -2.07. The highest BCUT2D eigenvalue weighted by molar-refractivity contribution is 7.79. The Labute approximate surface area is 64.3 Å². The molecule has 0 bridgehead atoms. The Balaban J connectivity index is 4.53. The molecule has 0 radical (unpaired) electrons. The fourth-order valence-electron chi connectivity index (χ4n) is 0.391. The van der Waals surface area contributed by atoms with Gasteiger partial charge in [0.1, 0.15) is 11.3 Å². The van der Waals surface area contributed by atoms with Crippen LogP contribution in [0.4, 0.5) is 0 Å². The standard InChI is InChI=1S/C6H8O3S/c1-4(7)5(3-10)6(8)9-2/h3,7H,1-2H3. The predicted molar refractivity (Wildman–Crippen MR) is 41.0 cm³/mol. The van der Waals surface area contributed by atoms with Crippen molar-refractivity contribution in [2.75, 3.05) is 7.11 Å². The summed E-state index contributed by atoms with van der Waals surface area (Å²) in [4.78, 5) is 10.6. The zero-order valence-electron chi connectivity index (χ0n) is 5.75. The minimum Gasteiger partial charge on any atom is -0.512 e. The molecule has 0 heterocycles. The molecule has 4 heteroatoms. The fourth-order valence-corrected chi connectivity index (χ4v) is 0.658. The second kappa shape index (κ2) is 4.00. The summed E-state index contributed by atoms with van der Waals surface area (Å²) < 4.78 is 4.31. The van der Waals surface area contributed by atoms with E-state index in [1.54, 1.807) is 0 Å². The molecular formula is C6H8O3S. The molecule has 0 saturated heterocycles. The molecule has 0 aliphatic heterocycles. The van der Waals surface area contributed by atoms with Gasteiger partial charge in [0, 0.05) is 5.37 Å². The van der Waals surface area contributed by atoms with E-state index < -0.39 is 5.97 Å². The maximum Gasteiger partial charge on any atom is 0.342 e. The van der Waals surface area contributed by atoms with E-state index in [4.69, 9.17) is 5.11 Å². The molecule has 0 aliphatic carbocycles. The Kier molecular flexibility index (Phi) is 3.64. The lowest BCUT2D eigenvalue weighted by molar-refractivity contribution is -0.135. The monoisotopic (exact) mass is 160 g/mol. The van der Waals surface area contributed by atoms with Gasteiger partial charge in [-0.3, -0.25) is 0 Å². The van der Waals surface area contributed by atoms with Gasteiger partial charge in [-0.15, -0.1) is 0 Å². The SMILES string of the molecule is COC(=O)C(C=S)=C(C)O. The van der Waals surface area contributed by atoms with Crippen LogP contribution in [0.3, 0.4) is 0 Å². The van der Waals surface area contributed by atoms with Crippen LogP contribution in [-0.2, 0) is 9.53 Å². The molecule has 1 N–H and O–H groups in total. The molecule has 0 aromatic heterocycles. The Bertz CT molecular complexity index is 179. The van der Waals surface area contributed by atoms with Crippen LogP contribution in [-0.4, -0.2) is 23.6 Å². The van der Waals surface area contributed by atoms with Crippen LogP contribution in [0.2, 0.25) is 0 Å². The van der Waals surface area contributed by atoms with Crippen molar-refractivity contribution in [2.45, 2.75) is 6.92 Å². The number of aliphatic hydroxyl groups excluding tert-OH is 1. The summed E-state index contributed by atoms with van der Waals surface area (Å²) in [6.07, 6.45) is 0. The predicted octanol–water partition coefficient (Wildman–Crippen LogP) is 0.991. The Morgan fingerprint density at radius 1 is 1.70 bits per heavy atom. The van der Waals surface area contributed by atoms with Gasteiger partial charge >= 0.3 is 5.97 Å². The molecule has 0 amide bonds. The highest BCUT2D eigenvalue weighted by atomic mass is 32.1. The van der Waals surface area contributed by atoms with Gasteiger partial charge in [-0.2, -0.15) is 0 Å². The summed E-state index contributed by atoms with van der Waals surface area (Å²) in [7, 11) is 1.23. The Hall–Kier alpha value is -0.900. The highest BCUT2D eigenvalue weighted by Gasteiger charge is 2.08. The molecule has 0 atom stereocenters. The van der Waals surface area contributed by atoms with Crippen LogP contribution in [0.5, 0.6) is 0 Å². The normalized spacial score (nSPS) is 11.8. The van der Waals surface area contributed by atoms with Crippen molar-refractivity contribution in [3.63, 3.8) is 0 Å². The number of ether oxygens (including phenoxy) is 1. The molecule has 0 aromatic rings. The van der Waals surface area contributed by atoms with Gasteiger partial charge < -0.3 is 9.84 Å². The van der Waals surface area contributed by atoms with Crippen molar-refractivity contribution in [3.05, 3.63) is 11.3 Å². The summed E-state index contributed by atoms with van der Waals surface area (Å²) in [6.45, 7) is 1.37. The number of esters is 1. The van der Waals surface area contributed by atoms with E-state index >= 15 is 0 Å². The van der Waals surface area contributed by atoms with Crippen molar-refractivity contribution in [1.29, 1.82) is 0 Å². The van der Waals surface area contributed by atoms with Gasteiger partial charge in [0.05, 0.1) is 7.11 Å². The van der Waals surface area contributed by atoms with Crippen molar-refractivity contribution in [3.8, 4) is 0 Å². The van der Waals surface area contributed by atoms with Crippen molar-refractivity contribution >= 4 is 23.6 Å². The first-order valence-electron chi connectivity index (χ1n) is 2.56. The van der Waals surface area contributed by atoms with E-state index in [1.165, 1.54) is 14.0 Å². The number of rotatable bonds is 2. The molecule has 0 aliphatic rings. The molecule has 0 rings (SSSR count). The number of methoxy groups -OCH3 is 1. The van der Waals surface area contributed by atoms with E-state index in [1.807, 2.05) is 0 Å². The first kappa shape index (κ1) is 9.10. The van der Waals surface area contributed by atoms with Gasteiger partial charge in [-0.25, -0.2) is 4.79 Å². The molecule has 0 unspecified atom stereocenters. The zero-order chi connectivity index (χ0) is 8.15. The lowest BCUT2D eigenvalue weighted by atomic mass is 10.3. The van der Waals surface area contributed by atoms with Crippen molar-refractivity contribution < 1.29 is 14.6 Å². The molecule has 0 saturated carbocycles. The van der Waals surface area contributed by atoms with E-state index in [-0.39, 0.29) is 11.3 Å². The van der Waals surface area contributed by atoms with Crippen LogP contribution in [0.25, 0.3) is 0 Å².